The van der Waals surface area contributed by atoms with E-state index in [0.717, 1.165) is 29.7 Å². The van der Waals surface area contributed by atoms with Gasteiger partial charge in [0.1, 0.15) is 11.4 Å². The third kappa shape index (κ3) is 5.58. The van der Waals surface area contributed by atoms with E-state index >= 15 is 0 Å². The summed E-state index contributed by atoms with van der Waals surface area (Å²) in [5, 5.41) is 4.43. The third-order valence-corrected chi connectivity index (χ3v) is 5.42. The molecule has 7 nitrogen and oxygen atoms in total. The molecule has 0 aliphatic carbocycles. The van der Waals surface area contributed by atoms with E-state index in [9.17, 15) is 4.39 Å². The van der Waals surface area contributed by atoms with Crippen molar-refractivity contribution in [2.75, 3.05) is 32.6 Å². The molecule has 0 aliphatic rings. The first kappa shape index (κ1) is 22.9. The Bertz CT molecular complexity index is 1240. The second-order valence-electron chi connectivity index (χ2n) is 8.09. The van der Waals surface area contributed by atoms with Crippen LogP contribution in [-0.2, 0) is 0 Å². The lowest BCUT2D eigenvalue weighted by Gasteiger charge is -2.17. The molecule has 1 atom stereocenters. The number of pyridine rings is 1. The molecule has 0 aliphatic heterocycles. The average molecular weight is 469 g/mol. The lowest BCUT2D eigenvalue weighted by atomic mass is 10.1. The molecule has 3 heterocycles. The molecule has 0 bridgehead atoms. The summed E-state index contributed by atoms with van der Waals surface area (Å²) in [5.41, 5.74) is 2.32. The number of ether oxygens (including phenoxy) is 1. The Morgan fingerprint density at radius 1 is 1.21 bits per heavy atom. The highest BCUT2D eigenvalue weighted by Crippen LogP contribution is 2.29. The Labute approximate surface area is 197 Å². The molecule has 0 saturated carbocycles. The number of fused-ring (bicyclic) bond motifs is 1. The van der Waals surface area contributed by atoms with Gasteiger partial charge in [0.25, 0.3) is 0 Å². The van der Waals surface area contributed by atoms with E-state index in [2.05, 4.69) is 30.2 Å². The summed E-state index contributed by atoms with van der Waals surface area (Å²) in [6.07, 6.45) is 5.41. The molecular formula is C24H26ClFN6O. The molecule has 4 aromatic rings. The van der Waals surface area contributed by atoms with Crippen molar-refractivity contribution in [3.8, 4) is 17.1 Å². The fourth-order valence-corrected chi connectivity index (χ4v) is 3.65. The summed E-state index contributed by atoms with van der Waals surface area (Å²) in [5.74, 6) is 0.748. The fraction of sp³-hybridized carbons (Fsp3) is 0.292. The van der Waals surface area contributed by atoms with E-state index in [1.54, 1.807) is 18.5 Å². The quantitative estimate of drug-likeness (QED) is 0.324. The van der Waals surface area contributed by atoms with Crippen LogP contribution in [0, 0.1) is 5.82 Å². The first-order valence-electron chi connectivity index (χ1n) is 10.7. The van der Waals surface area contributed by atoms with Gasteiger partial charge in [-0.3, -0.25) is 0 Å². The van der Waals surface area contributed by atoms with Crippen molar-refractivity contribution in [3.63, 3.8) is 0 Å². The zero-order valence-electron chi connectivity index (χ0n) is 18.8. The molecule has 4 rings (SSSR count). The van der Waals surface area contributed by atoms with Crippen LogP contribution in [0.4, 0.5) is 10.2 Å². The molecule has 0 spiro atoms. The van der Waals surface area contributed by atoms with Gasteiger partial charge in [0.2, 0.25) is 0 Å². The summed E-state index contributed by atoms with van der Waals surface area (Å²) < 4.78 is 20.4. The number of benzene rings is 1. The van der Waals surface area contributed by atoms with Crippen molar-refractivity contribution < 1.29 is 9.13 Å². The van der Waals surface area contributed by atoms with Crippen LogP contribution >= 0.6 is 11.6 Å². The lowest BCUT2D eigenvalue weighted by molar-refractivity contribution is 0.281. The van der Waals surface area contributed by atoms with Crippen LogP contribution in [0.25, 0.3) is 22.4 Å². The lowest BCUT2D eigenvalue weighted by Crippen LogP contribution is -2.15. The topological polar surface area (TPSA) is 79.0 Å². The number of aromatic nitrogens is 4. The molecule has 3 aromatic heterocycles. The van der Waals surface area contributed by atoms with Crippen molar-refractivity contribution in [2.24, 2.45) is 0 Å². The van der Waals surface area contributed by atoms with Crippen LogP contribution in [0.15, 0.2) is 48.9 Å². The summed E-state index contributed by atoms with van der Waals surface area (Å²) >= 11 is 6.09. The summed E-state index contributed by atoms with van der Waals surface area (Å²) in [4.78, 5) is 18.0. The molecular weight excluding hydrogens is 443 g/mol. The minimum atomic E-state index is -0.530. The van der Waals surface area contributed by atoms with E-state index < -0.39 is 5.82 Å². The first-order valence-corrected chi connectivity index (χ1v) is 11.1. The van der Waals surface area contributed by atoms with Crippen molar-refractivity contribution in [2.45, 2.75) is 19.4 Å². The van der Waals surface area contributed by atoms with E-state index in [1.165, 1.54) is 6.20 Å². The predicted molar refractivity (Wildman–Crippen MR) is 129 cm³/mol. The van der Waals surface area contributed by atoms with Crippen molar-refractivity contribution in [1.82, 2.24) is 24.8 Å². The molecule has 2 N–H and O–H groups in total. The number of halogens is 2. The predicted octanol–water partition coefficient (Wildman–Crippen LogP) is 5.32. The number of rotatable bonds is 9. The van der Waals surface area contributed by atoms with Gasteiger partial charge in [-0.1, -0.05) is 23.7 Å². The second kappa shape index (κ2) is 10.1. The largest absolute Gasteiger partial charge is 0.494 e. The highest BCUT2D eigenvalue weighted by Gasteiger charge is 2.16. The van der Waals surface area contributed by atoms with Gasteiger partial charge in [0, 0.05) is 29.9 Å². The van der Waals surface area contributed by atoms with Gasteiger partial charge in [-0.15, -0.1) is 0 Å². The number of hydrogen-bond donors (Lipinski definition) is 2. The van der Waals surface area contributed by atoms with Gasteiger partial charge in [-0.25, -0.2) is 19.3 Å². The van der Waals surface area contributed by atoms with Crippen LogP contribution in [-0.4, -0.2) is 52.1 Å². The van der Waals surface area contributed by atoms with Gasteiger partial charge in [-0.05, 0) is 51.2 Å². The third-order valence-electron chi connectivity index (χ3n) is 5.21. The maximum Gasteiger partial charge on any atom is 0.183 e. The average Bonchev–Trinajstić information content (AvgIpc) is 3.21. The van der Waals surface area contributed by atoms with Gasteiger partial charge in [0.05, 0.1) is 23.9 Å². The Morgan fingerprint density at radius 3 is 2.88 bits per heavy atom. The number of anilines is 1. The summed E-state index contributed by atoms with van der Waals surface area (Å²) in [6, 6.07) is 9.36. The molecule has 0 saturated heterocycles. The minimum absolute atomic E-state index is 0.120. The van der Waals surface area contributed by atoms with E-state index in [1.807, 2.05) is 45.3 Å². The minimum Gasteiger partial charge on any atom is -0.494 e. The van der Waals surface area contributed by atoms with Crippen LogP contribution in [0.5, 0.6) is 5.75 Å². The number of nitrogens with zero attached hydrogens (tertiary/aromatic N) is 4. The zero-order chi connectivity index (χ0) is 23.4. The SMILES string of the molecule is C[C@H](Nc1nc(-c2c[nH]c3ncc(Cl)cc23)ncc1F)c1cccc(OCCCN(C)C)c1. The standard InChI is InChI=1S/C24H26ClFN6O/c1-15(16-6-4-7-18(10-16)33-9-5-8-32(2)3)30-24-21(26)14-29-23(31-24)20-13-28-22-19(20)11-17(25)12-27-22/h4,6-7,10-15H,5,8-9H2,1-3H3,(H,27,28)(H,29,30,31)/t15-/m0/s1. The van der Waals surface area contributed by atoms with E-state index in [0.29, 0.717) is 28.7 Å². The highest BCUT2D eigenvalue weighted by atomic mass is 35.5. The Morgan fingerprint density at radius 2 is 2.06 bits per heavy atom. The molecule has 0 radical (unpaired) electrons. The van der Waals surface area contributed by atoms with Gasteiger partial charge < -0.3 is 19.9 Å². The molecule has 0 amide bonds. The van der Waals surface area contributed by atoms with Gasteiger partial charge in [-0.2, -0.15) is 0 Å². The number of hydrogen-bond acceptors (Lipinski definition) is 6. The molecule has 172 valence electrons. The first-order chi connectivity index (χ1) is 15.9. The van der Waals surface area contributed by atoms with Crippen LogP contribution in [0.3, 0.4) is 0 Å². The number of H-pyrrole nitrogens is 1. The maximum atomic E-state index is 14.6. The highest BCUT2D eigenvalue weighted by molar-refractivity contribution is 6.31. The molecule has 0 fully saturated rings. The normalized spacial score (nSPS) is 12.3. The number of nitrogens with one attached hydrogen (secondary N) is 2. The van der Waals surface area contributed by atoms with Crippen LogP contribution in [0.2, 0.25) is 5.02 Å². The Kier molecular flexibility index (Phi) is 7.05. The molecule has 0 unspecified atom stereocenters. The molecule has 1 aromatic carbocycles. The van der Waals surface area contributed by atoms with Gasteiger partial charge in [0.15, 0.2) is 17.5 Å². The monoisotopic (exact) mass is 468 g/mol. The maximum absolute atomic E-state index is 14.6. The molecule has 9 heteroatoms. The van der Waals surface area contributed by atoms with Gasteiger partial charge >= 0.3 is 0 Å². The Hall–Kier alpha value is -3.23. The van der Waals surface area contributed by atoms with Crippen molar-refractivity contribution >= 4 is 28.5 Å². The fourth-order valence-electron chi connectivity index (χ4n) is 3.49. The smallest absolute Gasteiger partial charge is 0.183 e. The Balaban J connectivity index is 1.51. The number of aromatic amines is 1. The van der Waals surface area contributed by atoms with E-state index in [4.69, 9.17) is 16.3 Å². The van der Waals surface area contributed by atoms with Crippen LogP contribution in [0.1, 0.15) is 24.9 Å². The summed E-state index contributed by atoms with van der Waals surface area (Å²) in [7, 11) is 4.08. The van der Waals surface area contributed by atoms with Crippen molar-refractivity contribution in [1.29, 1.82) is 0 Å². The van der Waals surface area contributed by atoms with Crippen molar-refractivity contribution in [3.05, 3.63) is 65.3 Å². The molecule has 33 heavy (non-hydrogen) atoms. The zero-order valence-corrected chi connectivity index (χ0v) is 19.5. The summed E-state index contributed by atoms with van der Waals surface area (Å²) in [6.45, 7) is 3.55. The second-order valence-corrected chi connectivity index (χ2v) is 8.52. The van der Waals surface area contributed by atoms with E-state index in [-0.39, 0.29) is 11.9 Å². The van der Waals surface area contributed by atoms with Crippen LogP contribution < -0.4 is 10.1 Å².